The molecule has 0 aliphatic carbocycles. The van der Waals surface area contributed by atoms with Crippen molar-refractivity contribution in [3.63, 3.8) is 0 Å². The summed E-state index contributed by atoms with van der Waals surface area (Å²) in [5.41, 5.74) is 16.1. The quantitative estimate of drug-likeness (QED) is 0.130. The number of benzene rings is 5. The summed E-state index contributed by atoms with van der Waals surface area (Å²) in [4.78, 5) is 9.27. The zero-order valence-corrected chi connectivity index (χ0v) is 34.8. The molecule has 0 bridgehead atoms. The van der Waals surface area contributed by atoms with Crippen LogP contribution in [0.15, 0.2) is 122 Å². The van der Waals surface area contributed by atoms with Gasteiger partial charge in [-0.05, 0) is 95.4 Å². The van der Waals surface area contributed by atoms with Gasteiger partial charge in [0.15, 0.2) is 0 Å². The first-order chi connectivity index (χ1) is 26.0. The molecule has 0 N–H and O–H groups in total. The number of fused-ring (bicyclic) bond motifs is 4. The minimum Gasteiger partial charge on any atom is -0.503 e. The largest absolute Gasteiger partial charge is 0.503 e. The Balaban J connectivity index is 0.000000178. The average molecular weight is 895 g/mol. The van der Waals surface area contributed by atoms with E-state index in [0.717, 1.165) is 68.3 Å². The van der Waals surface area contributed by atoms with E-state index in [-0.39, 0.29) is 32.2 Å². The van der Waals surface area contributed by atoms with Crippen molar-refractivity contribution >= 4 is 23.1 Å². The summed E-state index contributed by atoms with van der Waals surface area (Å²) in [5.74, 6) is 3.35. The smallest absolute Gasteiger partial charge is 0.239 e. The number of aryl methyl sites for hydroxylation is 4. The molecular formula is C49H43BIrN2O2-2. The Morgan fingerprint density at radius 2 is 1.35 bits per heavy atom. The van der Waals surface area contributed by atoms with Crippen LogP contribution in [0, 0.1) is 45.2 Å². The average Bonchev–Trinajstić information content (AvgIpc) is 3.15. The predicted octanol–water partition coefficient (Wildman–Crippen LogP) is 10.3. The van der Waals surface area contributed by atoms with Gasteiger partial charge >= 0.3 is 0 Å². The van der Waals surface area contributed by atoms with Gasteiger partial charge in [-0.2, -0.15) is 0 Å². The molecule has 9 rings (SSSR count). The Morgan fingerprint density at radius 3 is 2.04 bits per heavy atom. The van der Waals surface area contributed by atoms with Crippen LogP contribution in [-0.2, 0) is 26.5 Å². The third kappa shape index (κ3) is 7.80. The standard InChI is InChI=1S/C28H23BNO2.C21H20N.Ir/c1-28(2,3)17-18-14-15-30-22(16-18)19-12-13-25-26-27(19)32-24-11-7-5-9-21(24)29(26)20-8-4-6-10-23(20)31-25;1-14-5-8-18(9-6-14)21-12-20(17(4)13-22-21)19-10-7-15(2)11-16(19)3;/h4-11,13-16H,17H2,1-3H3;5-8,10-13H,1-4H3;/q2*-1;. The second-order valence-corrected chi connectivity index (χ2v) is 15.8. The van der Waals surface area contributed by atoms with Crippen molar-refractivity contribution in [2.24, 2.45) is 5.41 Å². The number of nitrogens with zero attached hydrogens (tertiary/aromatic N) is 2. The van der Waals surface area contributed by atoms with Gasteiger partial charge in [-0.15, -0.1) is 47.5 Å². The van der Waals surface area contributed by atoms with Crippen LogP contribution >= 0.6 is 0 Å². The van der Waals surface area contributed by atoms with Gasteiger partial charge in [-0.25, -0.2) is 0 Å². The normalized spacial score (nSPS) is 12.1. The van der Waals surface area contributed by atoms with Gasteiger partial charge in [0.05, 0.1) is 0 Å². The first-order valence-corrected chi connectivity index (χ1v) is 18.6. The van der Waals surface area contributed by atoms with E-state index >= 15 is 0 Å². The van der Waals surface area contributed by atoms with Gasteiger partial charge in [0.25, 0.3) is 0 Å². The van der Waals surface area contributed by atoms with Crippen molar-refractivity contribution in [3.05, 3.63) is 162 Å². The maximum absolute atomic E-state index is 6.51. The van der Waals surface area contributed by atoms with E-state index in [1.54, 1.807) is 0 Å². The molecule has 2 aliphatic heterocycles. The summed E-state index contributed by atoms with van der Waals surface area (Å²) in [6.45, 7) is 15.3. The molecule has 0 atom stereocenters. The minimum absolute atomic E-state index is 0. The summed E-state index contributed by atoms with van der Waals surface area (Å²) in [5, 5.41) is 0. The van der Waals surface area contributed by atoms with Crippen molar-refractivity contribution in [2.75, 3.05) is 0 Å². The van der Waals surface area contributed by atoms with Gasteiger partial charge in [0, 0.05) is 44.0 Å². The van der Waals surface area contributed by atoms with Crippen LogP contribution in [0.5, 0.6) is 23.0 Å². The Hall–Kier alpha value is -5.29. The summed E-state index contributed by atoms with van der Waals surface area (Å²) < 4.78 is 12.8. The molecule has 7 aromatic rings. The van der Waals surface area contributed by atoms with Gasteiger partial charge in [0.2, 0.25) is 6.71 Å². The molecule has 4 heterocycles. The number of hydrogen-bond donors (Lipinski definition) is 0. The third-order valence-corrected chi connectivity index (χ3v) is 10.1. The summed E-state index contributed by atoms with van der Waals surface area (Å²) >= 11 is 0. The second kappa shape index (κ2) is 15.5. The summed E-state index contributed by atoms with van der Waals surface area (Å²) in [6.07, 6.45) is 4.82. The van der Waals surface area contributed by atoms with Crippen molar-refractivity contribution in [1.82, 2.24) is 9.97 Å². The van der Waals surface area contributed by atoms with E-state index in [1.165, 1.54) is 38.9 Å². The van der Waals surface area contributed by atoms with Crippen molar-refractivity contribution in [2.45, 2.75) is 54.9 Å². The molecule has 2 aliphatic rings. The maximum atomic E-state index is 6.51. The molecule has 4 nitrogen and oxygen atoms in total. The van der Waals surface area contributed by atoms with E-state index in [0.29, 0.717) is 0 Å². The van der Waals surface area contributed by atoms with Crippen LogP contribution < -0.4 is 25.9 Å². The molecule has 275 valence electrons. The molecule has 55 heavy (non-hydrogen) atoms. The van der Waals surface area contributed by atoms with Gasteiger partial charge in [0.1, 0.15) is 11.5 Å². The Morgan fingerprint density at radius 1 is 0.636 bits per heavy atom. The molecule has 0 fully saturated rings. The number of ether oxygens (including phenoxy) is 2. The maximum Gasteiger partial charge on any atom is 0.239 e. The molecule has 1 radical (unpaired) electrons. The van der Waals surface area contributed by atoms with E-state index in [4.69, 9.17) is 14.5 Å². The molecule has 2 aromatic heterocycles. The minimum atomic E-state index is 0. The van der Waals surface area contributed by atoms with E-state index < -0.39 is 0 Å². The first-order valence-electron chi connectivity index (χ1n) is 18.6. The van der Waals surface area contributed by atoms with Crippen LogP contribution in [0.2, 0.25) is 0 Å². The Labute approximate surface area is 339 Å². The van der Waals surface area contributed by atoms with Gasteiger partial charge in [-0.3, -0.25) is 0 Å². The molecule has 0 saturated carbocycles. The third-order valence-electron chi connectivity index (χ3n) is 10.1. The zero-order valence-electron chi connectivity index (χ0n) is 32.4. The Bertz CT molecular complexity index is 2510. The SMILES string of the molecule is CC(C)(C)Cc1ccnc(-c2[c-]cc3c4c2Oc2ccccc2B4c2ccccc2O3)c1.Cc1c[c-]c(-c2cc(-c3ccc(C)cc3C)c(C)cn2)cc1.[Ir]. The monoisotopic (exact) mass is 895 g/mol. The predicted molar refractivity (Wildman–Crippen MR) is 222 cm³/mol. The molecule has 0 spiro atoms. The fourth-order valence-corrected chi connectivity index (χ4v) is 7.58. The van der Waals surface area contributed by atoms with E-state index in [9.17, 15) is 0 Å². The van der Waals surface area contributed by atoms with Crippen LogP contribution in [0.25, 0.3) is 33.6 Å². The molecular weight excluding hydrogens is 852 g/mol. The van der Waals surface area contributed by atoms with Crippen LogP contribution in [0.1, 0.15) is 48.6 Å². The fourth-order valence-electron chi connectivity index (χ4n) is 7.58. The number of para-hydroxylation sites is 2. The molecule has 5 aromatic carbocycles. The zero-order chi connectivity index (χ0) is 37.6. The Kier molecular flexibility index (Phi) is 10.7. The molecule has 0 amide bonds. The second-order valence-electron chi connectivity index (χ2n) is 15.8. The molecule has 0 unspecified atom stereocenters. The molecule has 0 saturated heterocycles. The number of rotatable bonds is 4. The van der Waals surface area contributed by atoms with Gasteiger partial charge in [-0.1, -0.05) is 117 Å². The van der Waals surface area contributed by atoms with Crippen molar-refractivity contribution in [3.8, 4) is 56.6 Å². The number of aromatic nitrogens is 2. The first kappa shape index (κ1) is 38.0. The fraction of sp³-hybridized carbons (Fsp3) is 0.184. The van der Waals surface area contributed by atoms with Crippen molar-refractivity contribution in [1.29, 1.82) is 0 Å². The number of hydrogen-bond acceptors (Lipinski definition) is 4. The molecule has 6 heteroatoms. The van der Waals surface area contributed by atoms with Crippen molar-refractivity contribution < 1.29 is 29.6 Å². The van der Waals surface area contributed by atoms with E-state index in [1.807, 2.05) is 48.8 Å². The number of pyridine rings is 2. The van der Waals surface area contributed by atoms with Crippen LogP contribution in [-0.4, -0.2) is 16.7 Å². The topological polar surface area (TPSA) is 44.2 Å². The van der Waals surface area contributed by atoms with Crippen LogP contribution in [0.3, 0.4) is 0 Å². The summed E-state index contributed by atoms with van der Waals surface area (Å²) in [7, 11) is 0. The van der Waals surface area contributed by atoms with Crippen LogP contribution in [0.4, 0.5) is 0 Å². The van der Waals surface area contributed by atoms with E-state index in [2.05, 4.69) is 138 Å². The summed E-state index contributed by atoms with van der Waals surface area (Å²) in [6, 6.07) is 44.4. The van der Waals surface area contributed by atoms with Gasteiger partial charge < -0.3 is 19.4 Å².